The van der Waals surface area contributed by atoms with Crippen molar-refractivity contribution < 1.29 is 19.1 Å². The summed E-state index contributed by atoms with van der Waals surface area (Å²) >= 11 is 1.90. The molecule has 1 aliphatic rings. The van der Waals surface area contributed by atoms with Crippen LogP contribution in [0.15, 0.2) is 108 Å². The van der Waals surface area contributed by atoms with Crippen LogP contribution in [0.3, 0.4) is 0 Å². The molecule has 0 unspecified atom stereocenters. The standard InChI is InChI=1S/C42H58O4SSi/c1-6-8-9-10-20-30-39(47-33-23-14-11-15-24-33)41-36(29-21-22-31-40(44)45-7-2)37(43)32-38(41)46-48(42(3,4)5,34-25-16-12-17-26-34)35-27-18-13-19-28-35/h11-20,23-28,30,36-39,41,43H,6-10,21-22,29,31-32H2,1-5H3/b30-20+/t36-,37+,38-,39+,41-/m1/s1. The van der Waals surface area contributed by atoms with Gasteiger partial charge in [-0.15, -0.1) is 11.8 Å². The highest BCUT2D eigenvalue weighted by Crippen LogP contribution is 2.48. The Labute approximate surface area is 295 Å². The summed E-state index contributed by atoms with van der Waals surface area (Å²) in [5, 5.41) is 14.4. The molecule has 1 N–H and O–H groups in total. The third kappa shape index (κ3) is 9.96. The van der Waals surface area contributed by atoms with Crippen molar-refractivity contribution in [2.45, 2.75) is 120 Å². The molecule has 0 spiro atoms. The van der Waals surface area contributed by atoms with Gasteiger partial charge in [-0.3, -0.25) is 4.79 Å². The minimum Gasteiger partial charge on any atom is -0.466 e. The van der Waals surface area contributed by atoms with Gasteiger partial charge in [0.15, 0.2) is 0 Å². The maximum absolute atomic E-state index is 12.1. The summed E-state index contributed by atoms with van der Waals surface area (Å²) in [6.07, 6.45) is 12.3. The van der Waals surface area contributed by atoms with Crippen LogP contribution in [0.5, 0.6) is 0 Å². The molecular weight excluding hydrogens is 629 g/mol. The lowest BCUT2D eigenvalue weighted by Crippen LogP contribution is -2.68. The van der Waals surface area contributed by atoms with E-state index >= 15 is 0 Å². The van der Waals surface area contributed by atoms with Gasteiger partial charge in [0.2, 0.25) is 0 Å². The van der Waals surface area contributed by atoms with Gasteiger partial charge in [0.25, 0.3) is 8.32 Å². The molecule has 3 aromatic carbocycles. The Balaban J connectivity index is 1.78. The number of allylic oxidation sites excluding steroid dienone is 1. The number of aliphatic hydroxyl groups is 1. The first-order chi connectivity index (χ1) is 23.2. The molecule has 0 bridgehead atoms. The van der Waals surface area contributed by atoms with E-state index in [1.807, 2.05) is 18.7 Å². The third-order valence-corrected chi connectivity index (χ3v) is 16.2. The Kier molecular flexibility index (Phi) is 15.1. The third-order valence-electron chi connectivity index (χ3n) is 9.81. The summed E-state index contributed by atoms with van der Waals surface area (Å²) in [4.78, 5) is 13.4. The second-order valence-electron chi connectivity index (χ2n) is 14.2. The van der Waals surface area contributed by atoms with E-state index in [1.165, 1.54) is 34.5 Å². The second kappa shape index (κ2) is 18.9. The number of esters is 1. The molecule has 4 rings (SSSR count). The number of unbranched alkanes of at least 4 members (excludes halogenated alkanes) is 4. The van der Waals surface area contributed by atoms with E-state index in [2.05, 4.69) is 131 Å². The van der Waals surface area contributed by atoms with Gasteiger partial charge in [-0.05, 0) is 72.5 Å². The van der Waals surface area contributed by atoms with Crippen molar-refractivity contribution in [1.82, 2.24) is 0 Å². The Morgan fingerprint density at radius 3 is 2.06 bits per heavy atom. The van der Waals surface area contributed by atoms with Crippen LogP contribution >= 0.6 is 11.8 Å². The van der Waals surface area contributed by atoms with Crippen molar-refractivity contribution in [3.63, 3.8) is 0 Å². The fraction of sp³-hybridized carbons (Fsp3) is 0.500. The van der Waals surface area contributed by atoms with E-state index in [9.17, 15) is 9.90 Å². The van der Waals surface area contributed by atoms with Crippen LogP contribution in [-0.4, -0.2) is 43.5 Å². The number of hydrogen-bond donors (Lipinski definition) is 1. The van der Waals surface area contributed by atoms with Crippen LogP contribution in [0.2, 0.25) is 5.04 Å². The number of carbonyl (C=O) groups is 1. The predicted octanol–water partition coefficient (Wildman–Crippen LogP) is 9.35. The number of rotatable bonds is 18. The van der Waals surface area contributed by atoms with E-state index in [0.29, 0.717) is 19.4 Å². The zero-order chi connectivity index (χ0) is 34.4. The van der Waals surface area contributed by atoms with Crippen molar-refractivity contribution >= 4 is 36.4 Å². The van der Waals surface area contributed by atoms with Gasteiger partial charge >= 0.3 is 5.97 Å². The quantitative estimate of drug-likeness (QED) is 0.0475. The van der Waals surface area contributed by atoms with Crippen LogP contribution in [-0.2, 0) is 14.0 Å². The highest BCUT2D eigenvalue weighted by Gasteiger charge is 2.55. The summed E-state index contributed by atoms with van der Waals surface area (Å²) in [5.41, 5.74) is 0. The van der Waals surface area contributed by atoms with E-state index in [4.69, 9.17) is 9.16 Å². The maximum atomic E-state index is 12.1. The number of ether oxygens (including phenoxy) is 1. The van der Waals surface area contributed by atoms with Gasteiger partial charge in [-0.2, -0.15) is 0 Å². The van der Waals surface area contributed by atoms with Crippen LogP contribution in [0.4, 0.5) is 0 Å². The number of thioether (sulfide) groups is 1. The molecular formula is C42H58O4SSi. The van der Waals surface area contributed by atoms with Gasteiger partial charge in [-0.25, -0.2) is 0 Å². The summed E-state index contributed by atoms with van der Waals surface area (Å²) in [6, 6.07) is 32.4. The van der Waals surface area contributed by atoms with E-state index in [-0.39, 0.29) is 34.2 Å². The van der Waals surface area contributed by atoms with E-state index in [0.717, 1.165) is 25.7 Å². The van der Waals surface area contributed by atoms with Gasteiger partial charge in [0, 0.05) is 22.5 Å². The molecule has 3 aromatic rings. The summed E-state index contributed by atoms with van der Waals surface area (Å²) in [7, 11) is -2.87. The zero-order valence-corrected chi connectivity index (χ0v) is 31.7. The average Bonchev–Trinajstić information content (AvgIpc) is 3.39. The highest BCUT2D eigenvalue weighted by molar-refractivity contribution is 8.00. The van der Waals surface area contributed by atoms with Crippen molar-refractivity contribution in [2.24, 2.45) is 11.8 Å². The Morgan fingerprint density at radius 2 is 1.50 bits per heavy atom. The molecule has 48 heavy (non-hydrogen) atoms. The highest BCUT2D eigenvalue weighted by atomic mass is 32.2. The first-order valence-electron chi connectivity index (χ1n) is 18.2. The molecule has 0 aromatic heterocycles. The molecule has 1 fully saturated rings. The fourth-order valence-electron chi connectivity index (χ4n) is 7.51. The number of benzene rings is 3. The fourth-order valence-corrected chi connectivity index (χ4v) is 13.6. The van der Waals surface area contributed by atoms with Gasteiger partial charge in [-0.1, -0.05) is 138 Å². The second-order valence-corrected chi connectivity index (χ2v) is 19.7. The van der Waals surface area contributed by atoms with Crippen LogP contribution in [0.25, 0.3) is 0 Å². The molecule has 6 heteroatoms. The zero-order valence-electron chi connectivity index (χ0n) is 29.9. The SMILES string of the molecule is CCCCC/C=C/[C@H](Sc1ccccc1)[C@@H]1[C@H](CCCCC(=O)OCC)[C@@H](O)C[C@H]1O[Si](c1ccccc1)(c1ccccc1)C(C)(C)C. The van der Waals surface area contributed by atoms with E-state index in [1.54, 1.807) is 0 Å². The molecule has 0 heterocycles. The molecule has 1 aliphatic carbocycles. The lowest BCUT2D eigenvalue weighted by Gasteiger charge is -2.46. The van der Waals surface area contributed by atoms with Crippen LogP contribution < -0.4 is 10.4 Å². The van der Waals surface area contributed by atoms with Crippen molar-refractivity contribution in [1.29, 1.82) is 0 Å². The molecule has 0 radical (unpaired) electrons. The molecule has 0 saturated heterocycles. The first-order valence-corrected chi connectivity index (χ1v) is 21.0. The maximum Gasteiger partial charge on any atom is 0.305 e. The topological polar surface area (TPSA) is 55.8 Å². The number of carbonyl (C=O) groups excluding carboxylic acids is 1. The van der Waals surface area contributed by atoms with Gasteiger partial charge in [0.1, 0.15) is 0 Å². The minimum absolute atomic E-state index is 0.0527. The average molecular weight is 687 g/mol. The Bertz CT molecular complexity index is 1340. The number of hydrogen-bond acceptors (Lipinski definition) is 5. The monoisotopic (exact) mass is 686 g/mol. The van der Waals surface area contributed by atoms with E-state index < -0.39 is 14.4 Å². The molecule has 1 saturated carbocycles. The molecule has 260 valence electrons. The van der Waals surface area contributed by atoms with Crippen molar-refractivity contribution in [3.05, 3.63) is 103 Å². The number of aliphatic hydroxyl groups excluding tert-OH is 1. The lowest BCUT2D eigenvalue weighted by molar-refractivity contribution is -0.143. The molecule has 5 atom stereocenters. The predicted molar refractivity (Wildman–Crippen MR) is 205 cm³/mol. The molecule has 0 amide bonds. The smallest absolute Gasteiger partial charge is 0.305 e. The summed E-state index contributed by atoms with van der Waals surface area (Å²) in [6.45, 7) is 11.5. The van der Waals surface area contributed by atoms with Crippen molar-refractivity contribution in [2.75, 3.05) is 6.61 Å². The van der Waals surface area contributed by atoms with Crippen LogP contribution in [0.1, 0.15) is 92.4 Å². The summed E-state index contributed by atoms with van der Waals surface area (Å²) in [5.74, 6) is 0.00947. The largest absolute Gasteiger partial charge is 0.466 e. The minimum atomic E-state index is -2.87. The van der Waals surface area contributed by atoms with Gasteiger partial charge < -0.3 is 14.3 Å². The molecule has 4 nitrogen and oxygen atoms in total. The van der Waals surface area contributed by atoms with Gasteiger partial charge in [0.05, 0.1) is 18.8 Å². The summed E-state index contributed by atoms with van der Waals surface area (Å²) < 4.78 is 13.1. The lowest BCUT2D eigenvalue weighted by atomic mass is 9.86. The Morgan fingerprint density at radius 1 is 0.896 bits per heavy atom. The van der Waals surface area contributed by atoms with Crippen molar-refractivity contribution in [3.8, 4) is 0 Å². The molecule has 0 aliphatic heterocycles. The normalized spacial score (nSPS) is 20.6. The first kappa shape index (κ1) is 38.2. The Hall–Kier alpha value is -2.64. The van der Waals surface area contributed by atoms with Crippen LogP contribution in [0, 0.1) is 11.8 Å².